The number of hydrazone groups is 1. The SMILES string of the molecule is CN(C)c1ccc(C2CC(c3ccc(-n4cncn4)cc3)=NN2)cc1. The minimum absolute atomic E-state index is 0.223. The Balaban J connectivity index is 1.46. The summed E-state index contributed by atoms with van der Waals surface area (Å²) in [6.07, 6.45) is 4.10. The third-order valence-electron chi connectivity index (χ3n) is 4.45. The van der Waals surface area contributed by atoms with Crippen LogP contribution >= 0.6 is 0 Å². The molecule has 1 unspecified atom stereocenters. The van der Waals surface area contributed by atoms with Crippen molar-refractivity contribution in [2.24, 2.45) is 5.10 Å². The van der Waals surface area contributed by atoms with Crippen LogP contribution in [0, 0.1) is 0 Å². The van der Waals surface area contributed by atoms with Crippen molar-refractivity contribution >= 4 is 11.4 Å². The Kier molecular flexibility index (Phi) is 3.93. The smallest absolute Gasteiger partial charge is 0.138 e. The van der Waals surface area contributed by atoms with Crippen molar-refractivity contribution in [2.45, 2.75) is 12.5 Å². The van der Waals surface area contributed by atoms with E-state index in [1.165, 1.54) is 17.6 Å². The minimum atomic E-state index is 0.223. The molecule has 4 rings (SSSR count). The van der Waals surface area contributed by atoms with Gasteiger partial charge in [-0.25, -0.2) is 9.67 Å². The molecule has 0 saturated carbocycles. The zero-order valence-corrected chi connectivity index (χ0v) is 14.3. The molecule has 1 N–H and O–H groups in total. The van der Waals surface area contributed by atoms with E-state index in [2.05, 4.69) is 61.9 Å². The summed E-state index contributed by atoms with van der Waals surface area (Å²) in [5.74, 6) is 0. The summed E-state index contributed by atoms with van der Waals surface area (Å²) in [7, 11) is 4.10. The van der Waals surface area contributed by atoms with Gasteiger partial charge in [0, 0.05) is 26.2 Å². The van der Waals surface area contributed by atoms with Crippen molar-refractivity contribution in [2.75, 3.05) is 19.0 Å². The maximum atomic E-state index is 4.54. The first kappa shape index (κ1) is 15.4. The van der Waals surface area contributed by atoms with Crippen molar-refractivity contribution in [3.05, 3.63) is 72.3 Å². The number of rotatable bonds is 4. The second kappa shape index (κ2) is 6.39. The largest absolute Gasteiger partial charge is 0.378 e. The molecule has 0 amide bonds. The van der Waals surface area contributed by atoms with E-state index in [1.807, 2.05) is 26.2 Å². The Morgan fingerprint density at radius 3 is 2.44 bits per heavy atom. The van der Waals surface area contributed by atoms with Gasteiger partial charge in [0.1, 0.15) is 12.7 Å². The molecule has 2 aromatic carbocycles. The third kappa shape index (κ3) is 3.10. The van der Waals surface area contributed by atoms with Crippen molar-refractivity contribution in [3.8, 4) is 5.69 Å². The first-order valence-electron chi connectivity index (χ1n) is 8.25. The van der Waals surface area contributed by atoms with Crippen molar-refractivity contribution < 1.29 is 0 Å². The van der Waals surface area contributed by atoms with Gasteiger partial charge < -0.3 is 10.3 Å². The third-order valence-corrected chi connectivity index (χ3v) is 4.45. The first-order chi connectivity index (χ1) is 12.2. The van der Waals surface area contributed by atoms with Crippen LogP contribution < -0.4 is 10.3 Å². The molecule has 0 fully saturated rings. The predicted octanol–water partition coefficient (Wildman–Crippen LogP) is 2.77. The highest BCUT2D eigenvalue weighted by Gasteiger charge is 2.21. The quantitative estimate of drug-likeness (QED) is 0.798. The van der Waals surface area contributed by atoms with E-state index in [0.717, 1.165) is 23.4 Å². The summed E-state index contributed by atoms with van der Waals surface area (Å²) in [5.41, 5.74) is 8.91. The van der Waals surface area contributed by atoms with Gasteiger partial charge in [-0.15, -0.1) is 0 Å². The standard InChI is InChI=1S/C19H20N6/c1-24(2)16-7-3-14(4-8-16)18-11-19(23-22-18)15-5-9-17(10-6-15)25-13-20-12-21-25/h3-10,12-13,18,22H,11H2,1-2H3. The molecule has 1 aromatic heterocycles. The summed E-state index contributed by atoms with van der Waals surface area (Å²) >= 11 is 0. The van der Waals surface area contributed by atoms with Crippen LogP contribution in [-0.4, -0.2) is 34.6 Å². The van der Waals surface area contributed by atoms with Crippen LogP contribution in [0.25, 0.3) is 5.69 Å². The fourth-order valence-corrected chi connectivity index (χ4v) is 2.97. The highest BCUT2D eigenvalue weighted by Crippen LogP contribution is 2.26. The van der Waals surface area contributed by atoms with E-state index in [4.69, 9.17) is 0 Å². The summed E-state index contributed by atoms with van der Waals surface area (Å²) in [6, 6.07) is 17.1. The summed E-state index contributed by atoms with van der Waals surface area (Å²) in [5, 5.41) is 8.68. The van der Waals surface area contributed by atoms with E-state index in [-0.39, 0.29) is 6.04 Å². The maximum absolute atomic E-state index is 4.54. The molecule has 0 aliphatic carbocycles. The van der Waals surface area contributed by atoms with Crippen LogP contribution in [0.3, 0.4) is 0 Å². The first-order valence-corrected chi connectivity index (χ1v) is 8.25. The molecule has 1 aliphatic rings. The maximum Gasteiger partial charge on any atom is 0.138 e. The van der Waals surface area contributed by atoms with Gasteiger partial charge in [0.25, 0.3) is 0 Å². The normalized spacial score (nSPS) is 16.4. The fraction of sp³-hybridized carbons (Fsp3) is 0.211. The highest BCUT2D eigenvalue weighted by atomic mass is 15.3. The van der Waals surface area contributed by atoms with Gasteiger partial charge in [-0.3, -0.25) is 0 Å². The Labute approximate surface area is 146 Å². The van der Waals surface area contributed by atoms with E-state index in [1.54, 1.807) is 11.0 Å². The second-order valence-electron chi connectivity index (χ2n) is 6.32. The monoisotopic (exact) mass is 332 g/mol. The van der Waals surface area contributed by atoms with Gasteiger partial charge in [-0.1, -0.05) is 24.3 Å². The molecule has 1 aliphatic heterocycles. The molecule has 0 radical (unpaired) electrons. The lowest BCUT2D eigenvalue weighted by Gasteiger charge is -2.15. The molecular weight excluding hydrogens is 312 g/mol. The van der Waals surface area contributed by atoms with Crippen LogP contribution in [0.2, 0.25) is 0 Å². The van der Waals surface area contributed by atoms with Crippen LogP contribution in [-0.2, 0) is 0 Å². The molecular formula is C19H20N6. The minimum Gasteiger partial charge on any atom is -0.378 e. The average molecular weight is 332 g/mol. The molecule has 0 spiro atoms. The molecule has 25 heavy (non-hydrogen) atoms. The number of aromatic nitrogens is 3. The van der Waals surface area contributed by atoms with Crippen LogP contribution in [0.15, 0.2) is 66.3 Å². The lowest BCUT2D eigenvalue weighted by Crippen LogP contribution is -2.11. The van der Waals surface area contributed by atoms with E-state index in [0.29, 0.717) is 0 Å². The Morgan fingerprint density at radius 1 is 1.04 bits per heavy atom. The number of nitrogens with zero attached hydrogens (tertiary/aromatic N) is 5. The van der Waals surface area contributed by atoms with Crippen molar-refractivity contribution in [1.82, 2.24) is 20.2 Å². The fourth-order valence-electron chi connectivity index (χ4n) is 2.97. The lowest BCUT2D eigenvalue weighted by molar-refractivity contribution is 0.620. The molecule has 1 atom stereocenters. The Morgan fingerprint density at radius 2 is 1.80 bits per heavy atom. The number of hydrogen-bond donors (Lipinski definition) is 1. The number of benzene rings is 2. The van der Waals surface area contributed by atoms with E-state index < -0.39 is 0 Å². The van der Waals surface area contributed by atoms with E-state index in [9.17, 15) is 0 Å². The molecule has 2 heterocycles. The predicted molar refractivity (Wildman–Crippen MR) is 99.2 cm³/mol. The van der Waals surface area contributed by atoms with Gasteiger partial charge in [-0.05, 0) is 35.4 Å². The van der Waals surface area contributed by atoms with Crippen LogP contribution in [0.5, 0.6) is 0 Å². The number of nitrogens with one attached hydrogen (secondary N) is 1. The Hall–Kier alpha value is -3.15. The Bertz CT molecular complexity index is 863. The molecule has 126 valence electrons. The topological polar surface area (TPSA) is 58.3 Å². The average Bonchev–Trinajstić information content (AvgIpc) is 3.34. The number of anilines is 1. The van der Waals surface area contributed by atoms with Crippen LogP contribution in [0.4, 0.5) is 5.69 Å². The second-order valence-corrected chi connectivity index (χ2v) is 6.32. The van der Waals surface area contributed by atoms with Gasteiger partial charge in [0.05, 0.1) is 17.4 Å². The summed E-state index contributed by atoms with van der Waals surface area (Å²) in [4.78, 5) is 6.08. The molecule has 0 saturated heterocycles. The van der Waals surface area contributed by atoms with Gasteiger partial charge in [0.15, 0.2) is 0 Å². The van der Waals surface area contributed by atoms with Gasteiger partial charge >= 0.3 is 0 Å². The zero-order chi connectivity index (χ0) is 17.2. The van der Waals surface area contributed by atoms with Gasteiger partial charge in [0.2, 0.25) is 0 Å². The zero-order valence-electron chi connectivity index (χ0n) is 14.3. The molecule has 6 heteroatoms. The molecule has 3 aromatic rings. The molecule has 6 nitrogen and oxygen atoms in total. The summed E-state index contributed by atoms with van der Waals surface area (Å²) in [6.45, 7) is 0. The summed E-state index contributed by atoms with van der Waals surface area (Å²) < 4.78 is 1.74. The highest BCUT2D eigenvalue weighted by molar-refractivity contribution is 6.01. The van der Waals surface area contributed by atoms with Gasteiger partial charge in [-0.2, -0.15) is 10.2 Å². The van der Waals surface area contributed by atoms with E-state index >= 15 is 0 Å². The number of hydrogen-bond acceptors (Lipinski definition) is 5. The molecule has 0 bridgehead atoms. The van der Waals surface area contributed by atoms with Crippen molar-refractivity contribution in [1.29, 1.82) is 0 Å². The lowest BCUT2D eigenvalue weighted by atomic mass is 9.99. The van der Waals surface area contributed by atoms with Crippen molar-refractivity contribution in [3.63, 3.8) is 0 Å². The van der Waals surface area contributed by atoms with Crippen LogP contribution in [0.1, 0.15) is 23.6 Å².